The maximum Gasteiger partial charge on any atom is 0.406 e. The number of nitrogens with one attached hydrogen (secondary N) is 1. The van der Waals surface area contributed by atoms with E-state index >= 15 is 0 Å². The number of alkyl halides is 3. The van der Waals surface area contributed by atoms with Crippen LogP contribution < -0.4 is 10.1 Å². The lowest BCUT2D eigenvalue weighted by molar-refractivity contribution is -0.166. The van der Waals surface area contributed by atoms with Crippen LogP contribution >= 0.6 is 0 Å². The average Bonchev–Trinajstić information content (AvgIpc) is 3.50. The fraction of sp³-hybridized carbons (Fsp3) is 0.600. The normalized spacial score (nSPS) is 15.1. The number of nitrogens with zero attached hydrogens (tertiary/aromatic N) is 2. The second-order valence-electron chi connectivity index (χ2n) is 7.29. The van der Waals surface area contributed by atoms with Gasteiger partial charge >= 0.3 is 6.18 Å². The van der Waals surface area contributed by atoms with Gasteiger partial charge in [-0.3, -0.25) is 14.5 Å². The van der Waals surface area contributed by atoms with Crippen molar-refractivity contribution in [3.63, 3.8) is 0 Å². The van der Waals surface area contributed by atoms with Crippen molar-refractivity contribution in [1.29, 1.82) is 0 Å². The lowest BCUT2D eigenvalue weighted by atomic mass is 10.1. The number of hydrogen-bond donors (Lipinski definition) is 1. The maximum absolute atomic E-state index is 13.0. The summed E-state index contributed by atoms with van der Waals surface area (Å²) in [6.45, 7) is 2.19. The molecule has 1 aliphatic rings. The van der Waals surface area contributed by atoms with Crippen molar-refractivity contribution < 1.29 is 27.5 Å². The molecule has 0 spiro atoms. The summed E-state index contributed by atoms with van der Waals surface area (Å²) < 4.78 is 43.9. The molecule has 0 bridgehead atoms. The minimum Gasteiger partial charge on any atom is -0.497 e. The van der Waals surface area contributed by atoms with Gasteiger partial charge in [-0.15, -0.1) is 0 Å². The molecule has 6 nitrogen and oxygen atoms in total. The molecule has 1 saturated carbocycles. The molecule has 1 aromatic carbocycles. The van der Waals surface area contributed by atoms with Gasteiger partial charge in [0.15, 0.2) is 0 Å². The molecule has 0 radical (unpaired) electrons. The quantitative estimate of drug-likeness (QED) is 0.638. The zero-order valence-corrected chi connectivity index (χ0v) is 17.0. The fourth-order valence-corrected chi connectivity index (χ4v) is 3.13. The van der Waals surface area contributed by atoms with E-state index in [-0.39, 0.29) is 24.9 Å². The van der Waals surface area contributed by atoms with Gasteiger partial charge in [0, 0.05) is 11.7 Å². The van der Waals surface area contributed by atoms with Gasteiger partial charge in [0.2, 0.25) is 11.8 Å². The molecule has 2 rings (SSSR count). The zero-order valence-electron chi connectivity index (χ0n) is 17.0. The molecule has 1 N–H and O–H groups in total. The topological polar surface area (TPSA) is 61.9 Å². The van der Waals surface area contributed by atoms with E-state index in [2.05, 4.69) is 5.32 Å². The van der Waals surface area contributed by atoms with Crippen molar-refractivity contribution in [1.82, 2.24) is 9.80 Å². The third-order valence-corrected chi connectivity index (χ3v) is 5.01. The minimum atomic E-state index is -4.46. The molecule has 0 heterocycles. The number of carbonyl (C=O) groups excluding carboxylic acids is 2. The van der Waals surface area contributed by atoms with Gasteiger partial charge in [0.1, 0.15) is 12.3 Å². The Hall–Kier alpha value is -2.29. The van der Waals surface area contributed by atoms with Gasteiger partial charge in [0.25, 0.3) is 0 Å². The largest absolute Gasteiger partial charge is 0.497 e. The average molecular weight is 415 g/mol. The first-order chi connectivity index (χ1) is 13.6. The number of rotatable bonds is 10. The summed E-state index contributed by atoms with van der Waals surface area (Å²) in [6, 6.07) is 6.30. The molecule has 0 saturated heterocycles. The number of amides is 2. The van der Waals surface area contributed by atoms with E-state index in [1.807, 2.05) is 0 Å². The monoisotopic (exact) mass is 415 g/mol. The number of carbonyl (C=O) groups is 2. The van der Waals surface area contributed by atoms with Crippen LogP contribution in [0.5, 0.6) is 5.75 Å². The van der Waals surface area contributed by atoms with Gasteiger partial charge in [0.05, 0.1) is 20.2 Å². The van der Waals surface area contributed by atoms with Crippen LogP contribution in [-0.2, 0) is 9.59 Å². The molecule has 1 aromatic rings. The van der Waals surface area contributed by atoms with E-state index in [0.29, 0.717) is 18.0 Å². The van der Waals surface area contributed by atoms with Crippen LogP contribution in [-0.4, -0.2) is 67.1 Å². The number of likely N-dealkylation sites (N-methyl/N-ethyl adjacent to an activating group) is 1. The van der Waals surface area contributed by atoms with Crippen LogP contribution in [0.25, 0.3) is 0 Å². The van der Waals surface area contributed by atoms with Crippen molar-refractivity contribution in [2.24, 2.45) is 5.92 Å². The first kappa shape index (κ1) is 23.0. The molecule has 29 heavy (non-hydrogen) atoms. The Balaban J connectivity index is 1.94. The summed E-state index contributed by atoms with van der Waals surface area (Å²) in [5, 5.41) is 2.71. The molecule has 2 amide bonds. The highest BCUT2D eigenvalue weighted by Gasteiger charge is 2.40. The van der Waals surface area contributed by atoms with Crippen LogP contribution in [0.1, 0.15) is 26.7 Å². The molecular weight excluding hydrogens is 387 g/mol. The third kappa shape index (κ3) is 7.56. The fourth-order valence-electron chi connectivity index (χ4n) is 3.13. The summed E-state index contributed by atoms with van der Waals surface area (Å²) in [5.41, 5.74) is 0.569. The highest BCUT2D eigenvalue weighted by Crippen LogP contribution is 2.36. The van der Waals surface area contributed by atoms with Gasteiger partial charge in [-0.25, -0.2) is 0 Å². The molecular formula is C20H28F3N3O3. The third-order valence-electron chi connectivity index (χ3n) is 5.01. The number of methoxy groups -OCH3 is 1. The van der Waals surface area contributed by atoms with Crippen LogP contribution in [0.4, 0.5) is 18.9 Å². The molecule has 0 aromatic heterocycles. The second-order valence-corrected chi connectivity index (χ2v) is 7.29. The molecule has 1 atom stereocenters. The van der Waals surface area contributed by atoms with Crippen LogP contribution in [0, 0.1) is 5.92 Å². The number of anilines is 1. The summed E-state index contributed by atoms with van der Waals surface area (Å²) in [6.07, 6.45) is -2.78. The van der Waals surface area contributed by atoms with Crippen molar-refractivity contribution in [2.45, 2.75) is 38.9 Å². The molecule has 1 fully saturated rings. The van der Waals surface area contributed by atoms with Gasteiger partial charge in [-0.05, 0) is 56.5 Å². The molecule has 1 aliphatic carbocycles. The smallest absolute Gasteiger partial charge is 0.406 e. The highest BCUT2D eigenvalue weighted by molar-refractivity contribution is 5.92. The summed E-state index contributed by atoms with van der Waals surface area (Å²) in [4.78, 5) is 27.3. The van der Waals surface area contributed by atoms with Crippen LogP contribution in [0.15, 0.2) is 24.3 Å². The summed E-state index contributed by atoms with van der Waals surface area (Å²) in [7, 11) is 1.54. The first-order valence-electron chi connectivity index (χ1n) is 9.65. The first-order valence-corrected chi connectivity index (χ1v) is 9.65. The SMILES string of the molecule is CCN(CC(=O)Nc1ccc(OC)cc1)CC(=O)N(CC(F)(F)F)[C@@H](C)C1CC1. The Morgan fingerprint density at radius 3 is 2.31 bits per heavy atom. The summed E-state index contributed by atoms with van der Waals surface area (Å²) >= 11 is 0. The maximum atomic E-state index is 13.0. The Bertz CT molecular complexity index is 690. The Morgan fingerprint density at radius 2 is 1.83 bits per heavy atom. The lowest BCUT2D eigenvalue weighted by Crippen LogP contribution is -2.50. The number of hydrogen-bond acceptors (Lipinski definition) is 4. The Morgan fingerprint density at radius 1 is 1.21 bits per heavy atom. The molecule has 9 heteroatoms. The van der Waals surface area contributed by atoms with E-state index < -0.39 is 24.7 Å². The van der Waals surface area contributed by atoms with Crippen LogP contribution in [0.3, 0.4) is 0 Å². The summed E-state index contributed by atoms with van der Waals surface area (Å²) in [5.74, 6) is -0.184. The zero-order chi connectivity index (χ0) is 21.6. The number of halogens is 3. The van der Waals surface area contributed by atoms with E-state index in [1.165, 1.54) is 12.0 Å². The van der Waals surface area contributed by atoms with Gasteiger partial charge in [-0.1, -0.05) is 6.92 Å². The highest BCUT2D eigenvalue weighted by atomic mass is 19.4. The van der Waals surface area contributed by atoms with Crippen LogP contribution in [0.2, 0.25) is 0 Å². The van der Waals surface area contributed by atoms with Crippen molar-refractivity contribution in [2.75, 3.05) is 38.6 Å². The van der Waals surface area contributed by atoms with Gasteiger partial charge in [-0.2, -0.15) is 13.2 Å². The van der Waals surface area contributed by atoms with E-state index in [1.54, 1.807) is 38.1 Å². The second kappa shape index (κ2) is 9.96. The predicted octanol–water partition coefficient (Wildman–Crippen LogP) is 3.15. The van der Waals surface area contributed by atoms with Crippen molar-refractivity contribution >= 4 is 17.5 Å². The van der Waals surface area contributed by atoms with Crippen molar-refractivity contribution in [3.8, 4) is 5.75 Å². The Kier molecular flexibility index (Phi) is 7.89. The van der Waals surface area contributed by atoms with Gasteiger partial charge < -0.3 is 15.0 Å². The molecule has 0 unspecified atom stereocenters. The van der Waals surface area contributed by atoms with E-state index in [4.69, 9.17) is 4.74 Å². The van der Waals surface area contributed by atoms with E-state index in [9.17, 15) is 22.8 Å². The molecule has 0 aliphatic heterocycles. The van der Waals surface area contributed by atoms with E-state index in [0.717, 1.165) is 17.7 Å². The van der Waals surface area contributed by atoms with Crippen molar-refractivity contribution in [3.05, 3.63) is 24.3 Å². The predicted molar refractivity (Wildman–Crippen MR) is 104 cm³/mol. The Labute approximate surface area is 169 Å². The lowest BCUT2D eigenvalue weighted by Gasteiger charge is -2.32. The number of benzene rings is 1. The molecule has 162 valence electrons. The minimum absolute atomic E-state index is 0.0913. The standard InChI is InChI=1S/C20H28F3N3O3/c1-4-25(11-18(27)24-16-7-9-17(29-3)10-8-16)12-19(28)26(13-20(21,22)23)14(2)15-5-6-15/h7-10,14-15H,4-6,11-13H2,1-3H3,(H,24,27)/t14-/m0/s1. The number of ether oxygens (including phenoxy) is 1.